The highest BCUT2D eigenvalue weighted by Crippen LogP contribution is 2.39. The van der Waals surface area contributed by atoms with E-state index in [4.69, 9.17) is 9.47 Å². The minimum Gasteiger partial charge on any atom is -0.496 e. The molecule has 0 aromatic heterocycles. The highest BCUT2D eigenvalue weighted by molar-refractivity contribution is 5.51. The predicted octanol–water partition coefficient (Wildman–Crippen LogP) is 1.88. The molecule has 5 heteroatoms. The van der Waals surface area contributed by atoms with Crippen molar-refractivity contribution in [2.75, 3.05) is 53.5 Å². The summed E-state index contributed by atoms with van der Waals surface area (Å²) >= 11 is 0. The van der Waals surface area contributed by atoms with Crippen molar-refractivity contribution in [2.24, 2.45) is 0 Å². The van der Waals surface area contributed by atoms with Crippen LogP contribution in [-0.4, -0.2) is 63.3 Å². The molecule has 2 heterocycles. The van der Waals surface area contributed by atoms with Crippen molar-refractivity contribution in [3.05, 3.63) is 23.3 Å². The highest BCUT2D eigenvalue weighted by atomic mass is 16.5. The lowest BCUT2D eigenvalue weighted by atomic mass is 9.93. The second-order valence-electron chi connectivity index (χ2n) is 6.39. The minimum atomic E-state index is 0.368. The molecule has 3 rings (SSSR count). The van der Waals surface area contributed by atoms with Crippen molar-refractivity contribution < 1.29 is 9.47 Å². The summed E-state index contributed by atoms with van der Waals surface area (Å²) in [6.07, 6.45) is 1.23. The topological polar surface area (TPSA) is 37.0 Å². The second kappa shape index (κ2) is 7.51. The number of fused-ring (bicyclic) bond motifs is 1. The number of rotatable bonds is 5. The van der Waals surface area contributed by atoms with E-state index in [1.165, 1.54) is 24.1 Å². The van der Waals surface area contributed by atoms with Gasteiger partial charge in [0.05, 0.1) is 20.3 Å². The number of nitrogens with one attached hydrogen (secondary N) is 1. The Labute approximate surface area is 139 Å². The minimum absolute atomic E-state index is 0.368. The first-order chi connectivity index (χ1) is 11.3. The molecule has 0 spiro atoms. The zero-order valence-electron chi connectivity index (χ0n) is 14.6. The van der Waals surface area contributed by atoms with Gasteiger partial charge in [-0.05, 0) is 25.1 Å². The summed E-state index contributed by atoms with van der Waals surface area (Å²) in [6.45, 7) is 9.85. The fourth-order valence-corrected chi connectivity index (χ4v) is 3.90. The van der Waals surface area contributed by atoms with Crippen LogP contribution in [0.4, 0.5) is 0 Å². The number of benzene rings is 1. The lowest BCUT2D eigenvalue weighted by Crippen LogP contribution is -2.50. The van der Waals surface area contributed by atoms with Crippen molar-refractivity contribution in [3.63, 3.8) is 0 Å². The van der Waals surface area contributed by atoms with E-state index in [1.807, 2.05) is 12.1 Å². The average molecular weight is 319 g/mol. The Kier molecular flexibility index (Phi) is 5.41. The molecule has 1 atom stereocenters. The highest BCUT2D eigenvalue weighted by Gasteiger charge is 2.32. The van der Waals surface area contributed by atoms with Crippen molar-refractivity contribution in [2.45, 2.75) is 25.9 Å². The third kappa shape index (κ3) is 3.32. The number of hydrogen-bond donors (Lipinski definition) is 1. The molecule has 2 aliphatic heterocycles. The lowest BCUT2D eigenvalue weighted by Gasteiger charge is -2.42. The summed E-state index contributed by atoms with van der Waals surface area (Å²) < 4.78 is 11.2. The van der Waals surface area contributed by atoms with Gasteiger partial charge >= 0.3 is 0 Å². The molecule has 1 saturated heterocycles. The molecular formula is C18H29N3O2. The van der Waals surface area contributed by atoms with E-state index in [1.54, 1.807) is 14.2 Å². The van der Waals surface area contributed by atoms with Crippen LogP contribution in [0.25, 0.3) is 0 Å². The van der Waals surface area contributed by atoms with Gasteiger partial charge in [0.1, 0.15) is 11.5 Å². The fraction of sp³-hybridized carbons (Fsp3) is 0.667. The van der Waals surface area contributed by atoms with Crippen molar-refractivity contribution in [1.82, 2.24) is 15.1 Å². The standard InChI is InChI=1S/C18H29N3O2/c1-4-7-20-8-10-21(11-9-20)15-13-19-12-14-16(22-2)5-6-17(23-3)18(14)15/h5-6,15,19H,4,7-13H2,1-3H3/t15-/m1/s1. The van der Waals surface area contributed by atoms with Crippen LogP contribution >= 0.6 is 0 Å². The predicted molar refractivity (Wildman–Crippen MR) is 92.3 cm³/mol. The molecule has 0 unspecified atom stereocenters. The molecule has 1 fully saturated rings. The van der Waals surface area contributed by atoms with E-state index in [-0.39, 0.29) is 0 Å². The van der Waals surface area contributed by atoms with Gasteiger partial charge in [-0.15, -0.1) is 0 Å². The Hall–Kier alpha value is -1.30. The molecule has 23 heavy (non-hydrogen) atoms. The second-order valence-corrected chi connectivity index (χ2v) is 6.39. The molecule has 0 radical (unpaired) electrons. The zero-order valence-corrected chi connectivity index (χ0v) is 14.6. The Morgan fingerprint density at radius 1 is 1.09 bits per heavy atom. The maximum Gasteiger partial charge on any atom is 0.124 e. The van der Waals surface area contributed by atoms with E-state index in [2.05, 4.69) is 22.0 Å². The van der Waals surface area contributed by atoms with E-state index in [0.29, 0.717) is 6.04 Å². The first-order valence-electron chi connectivity index (χ1n) is 8.69. The van der Waals surface area contributed by atoms with E-state index in [9.17, 15) is 0 Å². The Morgan fingerprint density at radius 2 is 1.78 bits per heavy atom. The molecule has 1 aromatic carbocycles. The van der Waals surface area contributed by atoms with Crippen LogP contribution in [0.1, 0.15) is 30.5 Å². The van der Waals surface area contributed by atoms with Gasteiger partial charge in [0.25, 0.3) is 0 Å². The maximum atomic E-state index is 5.67. The summed E-state index contributed by atoms with van der Waals surface area (Å²) in [5, 5.41) is 3.56. The largest absolute Gasteiger partial charge is 0.496 e. The maximum absolute atomic E-state index is 5.67. The Morgan fingerprint density at radius 3 is 2.43 bits per heavy atom. The number of ether oxygens (including phenoxy) is 2. The zero-order chi connectivity index (χ0) is 16.2. The molecule has 0 amide bonds. The number of methoxy groups -OCH3 is 2. The number of nitrogens with zero attached hydrogens (tertiary/aromatic N) is 2. The molecule has 5 nitrogen and oxygen atoms in total. The van der Waals surface area contributed by atoms with Crippen LogP contribution in [0.15, 0.2) is 12.1 Å². The van der Waals surface area contributed by atoms with Crippen LogP contribution < -0.4 is 14.8 Å². The van der Waals surface area contributed by atoms with Crippen molar-refractivity contribution in [1.29, 1.82) is 0 Å². The van der Waals surface area contributed by atoms with Crippen LogP contribution in [0, 0.1) is 0 Å². The van der Waals surface area contributed by atoms with Crippen LogP contribution in [0.3, 0.4) is 0 Å². The Balaban J connectivity index is 1.84. The third-order valence-corrected chi connectivity index (χ3v) is 5.07. The average Bonchev–Trinajstić information content (AvgIpc) is 2.61. The third-order valence-electron chi connectivity index (χ3n) is 5.07. The summed E-state index contributed by atoms with van der Waals surface area (Å²) in [5.41, 5.74) is 2.56. The van der Waals surface area contributed by atoms with Crippen LogP contribution in [0.5, 0.6) is 11.5 Å². The molecule has 1 aromatic rings. The van der Waals surface area contributed by atoms with Gasteiger partial charge in [0, 0.05) is 50.4 Å². The molecule has 1 N–H and O–H groups in total. The van der Waals surface area contributed by atoms with Gasteiger partial charge in [-0.25, -0.2) is 0 Å². The van der Waals surface area contributed by atoms with Crippen molar-refractivity contribution >= 4 is 0 Å². The monoisotopic (exact) mass is 319 g/mol. The molecule has 0 aliphatic carbocycles. The summed E-state index contributed by atoms with van der Waals surface area (Å²) in [5.74, 6) is 1.95. The summed E-state index contributed by atoms with van der Waals surface area (Å²) in [7, 11) is 3.51. The van der Waals surface area contributed by atoms with Gasteiger partial charge in [-0.3, -0.25) is 4.90 Å². The lowest BCUT2D eigenvalue weighted by molar-refractivity contribution is 0.0903. The number of piperazine rings is 1. The fourth-order valence-electron chi connectivity index (χ4n) is 3.90. The van der Waals surface area contributed by atoms with Gasteiger partial charge in [-0.2, -0.15) is 0 Å². The molecule has 2 aliphatic rings. The molecular weight excluding hydrogens is 290 g/mol. The Bertz CT molecular complexity index is 527. The number of hydrogen-bond acceptors (Lipinski definition) is 5. The normalized spacial score (nSPS) is 22.7. The van der Waals surface area contributed by atoms with Crippen molar-refractivity contribution in [3.8, 4) is 11.5 Å². The molecule has 128 valence electrons. The first kappa shape index (κ1) is 16.6. The molecule has 0 bridgehead atoms. The van der Waals surface area contributed by atoms with Gasteiger partial charge in [0.15, 0.2) is 0 Å². The SMILES string of the molecule is CCCN1CCN([C@@H]2CNCc3c(OC)ccc(OC)c32)CC1. The van der Waals surface area contributed by atoms with E-state index < -0.39 is 0 Å². The van der Waals surface area contributed by atoms with Gasteiger partial charge in [-0.1, -0.05) is 6.92 Å². The summed E-state index contributed by atoms with van der Waals surface area (Å²) in [6, 6.07) is 4.43. The summed E-state index contributed by atoms with van der Waals surface area (Å²) in [4.78, 5) is 5.16. The van der Waals surface area contributed by atoms with E-state index >= 15 is 0 Å². The van der Waals surface area contributed by atoms with Gasteiger partial charge < -0.3 is 19.7 Å². The van der Waals surface area contributed by atoms with Crippen LogP contribution in [0.2, 0.25) is 0 Å². The van der Waals surface area contributed by atoms with Crippen LogP contribution in [-0.2, 0) is 6.54 Å². The smallest absolute Gasteiger partial charge is 0.124 e. The molecule has 0 saturated carbocycles. The van der Waals surface area contributed by atoms with E-state index in [0.717, 1.165) is 50.8 Å². The first-order valence-corrected chi connectivity index (χ1v) is 8.69. The van der Waals surface area contributed by atoms with Gasteiger partial charge in [0.2, 0.25) is 0 Å². The quantitative estimate of drug-likeness (QED) is 0.897.